The van der Waals surface area contributed by atoms with E-state index in [-0.39, 0.29) is 10.8 Å². The van der Waals surface area contributed by atoms with Crippen LogP contribution in [0.4, 0.5) is 0 Å². The molecule has 0 fully saturated rings. The molecule has 0 aromatic heterocycles. The van der Waals surface area contributed by atoms with Gasteiger partial charge >= 0.3 is 0 Å². The maximum absolute atomic E-state index is 2.57. The van der Waals surface area contributed by atoms with E-state index in [0.29, 0.717) is 0 Å². The highest BCUT2D eigenvalue weighted by molar-refractivity contribution is 6.26. The molecule has 0 saturated heterocycles. The Balaban J connectivity index is 1.33. The molecule has 0 heteroatoms. The summed E-state index contributed by atoms with van der Waals surface area (Å²) in [5.41, 5.74) is 16.2. The summed E-state index contributed by atoms with van der Waals surface area (Å²) >= 11 is 0. The van der Waals surface area contributed by atoms with Gasteiger partial charge in [-0.2, -0.15) is 0 Å². The molecule has 11 rings (SSSR count). The third-order valence-corrected chi connectivity index (χ3v) is 12.6. The van der Waals surface area contributed by atoms with E-state index in [2.05, 4.69) is 185 Å². The third kappa shape index (κ3) is 3.77. The molecule has 2 aliphatic carbocycles. The highest BCUT2D eigenvalue weighted by Crippen LogP contribution is 2.59. The smallest absolute Gasteiger partial charge is 0.0159 e. The fourth-order valence-corrected chi connectivity index (χ4v) is 10.2. The van der Waals surface area contributed by atoms with Gasteiger partial charge in [-0.25, -0.2) is 0 Å². The predicted octanol–water partition coefficient (Wildman–Crippen LogP) is 14.2. The molecule has 9 aromatic carbocycles. The summed E-state index contributed by atoms with van der Waals surface area (Å²) in [6, 6.07) is 59.6. The minimum absolute atomic E-state index is 0.0858. The van der Waals surface area contributed by atoms with E-state index in [0.717, 1.165) is 0 Å². The normalized spacial score (nSPS) is 14.8. The largest absolute Gasteiger partial charge is 0.0619 e. The first kappa shape index (κ1) is 29.7. The van der Waals surface area contributed by atoms with Crippen molar-refractivity contribution in [1.82, 2.24) is 0 Å². The van der Waals surface area contributed by atoms with Crippen molar-refractivity contribution in [3.63, 3.8) is 0 Å². The quantitative estimate of drug-likeness (QED) is 0.162. The van der Waals surface area contributed by atoms with E-state index in [4.69, 9.17) is 0 Å². The average Bonchev–Trinajstić information content (AvgIpc) is 3.56. The van der Waals surface area contributed by atoms with Gasteiger partial charge in [0.05, 0.1) is 0 Å². The van der Waals surface area contributed by atoms with Crippen molar-refractivity contribution in [3.05, 3.63) is 180 Å². The van der Waals surface area contributed by atoms with Crippen LogP contribution in [-0.2, 0) is 10.8 Å². The van der Waals surface area contributed by atoms with Crippen LogP contribution in [-0.4, -0.2) is 0 Å². The average molecular weight is 663 g/mol. The lowest BCUT2D eigenvalue weighted by Gasteiger charge is -2.26. The molecule has 9 aromatic rings. The molecule has 0 heterocycles. The Morgan fingerprint density at radius 3 is 1.44 bits per heavy atom. The van der Waals surface area contributed by atoms with Crippen molar-refractivity contribution in [2.45, 2.75) is 38.5 Å². The van der Waals surface area contributed by atoms with Gasteiger partial charge in [0, 0.05) is 10.8 Å². The minimum atomic E-state index is -0.151. The number of benzene rings is 9. The van der Waals surface area contributed by atoms with Gasteiger partial charge < -0.3 is 0 Å². The van der Waals surface area contributed by atoms with E-state index < -0.39 is 0 Å². The number of hydrogen-bond acceptors (Lipinski definition) is 0. The van der Waals surface area contributed by atoms with Gasteiger partial charge in [0.25, 0.3) is 0 Å². The lowest BCUT2D eigenvalue weighted by Crippen LogP contribution is -2.15. The fraction of sp³-hybridized carbons (Fsp3) is 0.115. The molecule has 0 bridgehead atoms. The first-order valence-corrected chi connectivity index (χ1v) is 18.6. The van der Waals surface area contributed by atoms with Crippen LogP contribution in [0.5, 0.6) is 0 Å². The molecule has 0 spiro atoms. The molecule has 0 atom stereocenters. The molecule has 0 nitrogen and oxygen atoms in total. The third-order valence-electron chi connectivity index (χ3n) is 12.6. The second kappa shape index (κ2) is 10.3. The Morgan fingerprint density at radius 2 is 0.808 bits per heavy atom. The van der Waals surface area contributed by atoms with Crippen molar-refractivity contribution in [2.75, 3.05) is 0 Å². The van der Waals surface area contributed by atoms with Crippen LogP contribution < -0.4 is 0 Å². The van der Waals surface area contributed by atoms with Crippen molar-refractivity contribution < 1.29 is 0 Å². The highest BCUT2D eigenvalue weighted by atomic mass is 14.4. The zero-order valence-corrected chi connectivity index (χ0v) is 30.0. The second-order valence-corrected chi connectivity index (χ2v) is 16.0. The van der Waals surface area contributed by atoms with Gasteiger partial charge in [-0.1, -0.05) is 173 Å². The summed E-state index contributed by atoms with van der Waals surface area (Å²) < 4.78 is 0. The van der Waals surface area contributed by atoms with E-state index in [1.54, 1.807) is 0 Å². The summed E-state index contributed by atoms with van der Waals surface area (Å²) in [4.78, 5) is 0. The van der Waals surface area contributed by atoms with Gasteiger partial charge in [-0.3, -0.25) is 0 Å². The maximum atomic E-state index is 2.57. The topological polar surface area (TPSA) is 0 Å². The first-order chi connectivity index (χ1) is 25.3. The summed E-state index contributed by atoms with van der Waals surface area (Å²) in [6.07, 6.45) is 0. The van der Waals surface area contributed by atoms with Gasteiger partial charge in [-0.15, -0.1) is 0 Å². The Hall–Kier alpha value is -5.98. The van der Waals surface area contributed by atoms with Crippen LogP contribution in [0.2, 0.25) is 0 Å². The SMILES string of the molecule is CC1(C)c2ccccc2-c2c1ccc1c(-c3c4ccccc4c(-c4ccc5ccccc5c4)c4ccccc34)cc3c(c21)-c1ccccc1C3(C)C. The van der Waals surface area contributed by atoms with Crippen molar-refractivity contribution >= 4 is 43.1 Å². The van der Waals surface area contributed by atoms with Crippen LogP contribution in [0.3, 0.4) is 0 Å². The van der Waals surface area contributed by atoms with Crippen LogP contribution in [0.25, 0.3) is 87.6 Å². The molecular weight excluding hydrogens is 625 g/mol. The summed E-state index contributed by atoms with van der Waals surface area (Å²) in [7, 11) is 0. The van der Waals surface area contributed by atoms with E-state index in [1.807, 2.05) is 0 Å². The van der Waals surface area contributed by atoms with E-state index >= 15 is 0 Å². The Labute approximate surface area is 305 Å². The fourth-order valence-electron chi connectivity index (χ4n) is 10.2. The van der Waals surface area contributed by atoms with Crippen molar-refractivity contribution in [1.29, 1.82) is 0 Å². The summed E-state index contributed by atoms with van der Waals surface area (Å²) in [6.45, 7) is 9.65. The number of rotatable bonds is 2. The van der Waals surface area contributed by atoms with Crippen LogP contribution in [0.1, 0.15) is 49.9 Å². The molecule has 0 aliphatic heterocycles. The lowest BCUT2D eigenvalue weighted by molar-refractivity contribution is 0.660. The van der Waals surface area contributed by atoms with Gasteiger partial charge in [0.2, 0.25) is 0 Å². The summed E-state index contributed by atoms with van der Waals surface area (Å²) in [5, 5.41) is 10.4. The predicted molar refractivity (Wildman–Crippen MR) is 222 cm³/mol. The molecule has 0 radical (unpaired) electrons. The van der Waals surface area contributed by atoms with E-state index in [9.17, 15) is 0 Å². The zero-order chi connectivity index (χ0) is 34.9. The minimum Gasteiger partial charge on any atom is -0.0619 e. The molecule has 0 unspecified atom stereocenters. The lowest BCUT2D eigenvalue weighted by atomic mass is 9.77. The standard InChI is InChI=1S/C52H38/c1-51(2)42-23-13-11-21-39(42)48-44(51)28-27-38-41(30-45-49(50(38)48)40-22-12-14-24-43(40)52(45,3)4)47-36-19-9-7-17-34(36)46(35-18-8-10-20-37(35)47)33-26-25-31-15-5-6-16-32(31)29-33/h5-30H,1-4H3. The molecule has 52 heavy (non-hydrogen) atoms. The molecule has 0 N–H and O–H groups in total. The van der Waals surface area contributed by atoms with Gasteiger partial charge in [-0.05, 0) is 122 Å². The zero-order valence-electron chi connectivity index (χ0n) is 30.0. The molecule has 0 amide bonds. The van der Waals surface area contributed by atoms with E-state index in [1.165, 1.54) is 110 Å². The van der Waals surface area contributed by atoms with Crippen LogP contribution in [0, 0.1) is 0 Å². The van der Waals surface area contributed by atoms with Crippen LogP contribution >= 0.6 is 0 Å². The van der Waals surface area contributed by atoms with Crippen LogP contribution in [0.15, 0.2) is 158 Å². The Morgan fingerprint density at radius 1 is 0.308 bits per heavy atom. The monoisotopic (exact) mass is 662 g/mol. The van der Waals surface area contributed by atoms with Gasteiger partial charge in [0.15, 0.2) is 0 Å². The number of hydrogen-bond donors (Lipinski definition) is 0. The Bertz CT molecular complexity index is 2930. The molecule has 2 aliphatic rings. The van der Waals surface area contributed by atoms with Gasteiger partial charge in [0.1, 0.15) is 0 Å². The van der Waals surface area contributed by atoms with Crippen molar-refractivity contribution in [3.8, 4) is 44.5 Å². The molecular formula is C52H38. The molecule has 246 valence electrons. The summed E-state index contributed by atoms with van der Waals surface area (Å²) in [5.74, 6) is 0. The van der Waals surface area contributed by atoms with Crippen molar-refractivity contribution in [2.24, 2.45) is 0 Å². The maximum Gasteiger partial charge on any atom is 0.0159 e. The molecule has 0 saturated carbocycles. The highest BCUT2D eigenvalue weighted by Gasteiger charge is 2.41. The first-order valence-electron chi connectivity index (χ1n) is 18.6. The Kier molecular flexibility index (Phi) is 5.89. The second-order valence-electron chi connectivity index (χ2n) is 16.0. The number of fused-ring (bicyclic) bond motifs is 12.